The third-order valence-corrected chi connectivity index (χ3v) is 2.71. The Morgan fingerprint density at radius 2 is 2.00 bits per heavy atom. The Bertz CT molecular complexity index is 485. The Morgan fingerprint density at radius 3 is 2.71 bits per heavy atom. The first-order valence-corrected chi connectivity index (χ1v) is 5.79. The Labute approximate surface area is 106 Å². The minimum absolute atomic E-state index is 0.446. The van der Waals surface area contributed by atoms with Crippen molar-refractivity contribution >= 4 is 17.3 Å². The van der Waals surface area contributed by atoms with Gasteiger partial charge in [-0.25, -0.2) is 4.98 Å². The van der Waals surface area contributed by atoms with Crippen LogP contribution >= 0.6 is 11.6 Å². The van der Waals surface area contributed by atoms with Gasteiger partial charge in [-0.3, -0.25) is 0 Å². The van der Waals surface area contributed by atoms with Crippen LogP contribution in [0.25, 0.3) is 0 Å². The van der Waals surface area contributed by atoms with E-state index in [1.807, 2.05) is 18.2 Å². The highest BCUT2D eigenvalue weighted by molar-refractivity contribution is 6.29. The fraction of sp³-hybridized carbons (Fsp3) is 0.154. The average molecular weight is 248 g/mol. The SMILES string of the molecule is NCc1cnc(Cl)cc1NCc1ccccc1. The Balaban J connectivity index is 2.11. The largest absolute Gasteiger partial charge is 0.381 e. The van der Waals surface area contributed by atoms with Gasteiger partial charge in [-0.15, -0.1) is 0 Å². The zero-order chi connectivity index (χ0) is 12.1. The maximum atomic E-state index is 5.86. The number of nitrogens with zero attached hydrogens (tertiary/aromatic N) is 1. The average Bonchev–Trinajstić information content (AvgIpc) is 2.38. The highest BCUT2D eigenvalue weighted by atomic mass is 35.5. The molecule has 2 aromatic rings. The normalized spacial score (nSPS) is 10.2. The van der Waals surface area contributed by atoms with E-state index >= 15 is 0 Å². The van der Waals surface area contributed by atoms with Crippen LogP contribution in [0.2, 0.25) is 5.15 Å². The van der Waals surface area contributed by atoms with E-state index in [9.17, 15) is 0 Å². The predicted molar refractivity (Wildman–Crippen MR) is 70.9 cm³/mol. The van der Waals surface area contributed by atoms with E-state index in [2.05, 4.69) is 22.4 Å². The van der Waals surface area contributed by atoms with Crippen LogP contribution in [0.5, 0.6) is 0 Å². The molecule has 4 heteroatoms. The number of hydrogen-bond donors (Lipinski definition) is 2. The van der Waals surface area contributed by atoms with E-state index in [0.717, 1.165) is 17.8 Å². The van der Waals surface area contributed by atoms with Gasteiger partial charge in [0.25, 0.3) is 0 Å². The van der Waals surface area contributed by atoms with Crippen LogP contribution in [0, 0.1) is 0 Å². The molecule has 1 aromatic carbocycles. The molecule has 1 aromatic heterocycles. The van der Waals surface area contributed by atoms with Crippen LogP contribution < -0.4 is 11.1 Å². The predicted octanol–water partition coefficient (Wildman–Crippen LogP) is 2.81. The van der Waals surface area contributed by atoms with Crippen molar-refractivity contribution in [3.8, 4) is 0 Å². The van der Waals surface area contributed by atoms with Crippen molar-refractivity contribution in [2.75, 3.05) is 5.32 Å². The monoisotopic (exact) mass is 247 g/mol. The van der Waals surface area contributed by atoms with Crippen LogP contribution in [0.4, 0.5) is 5.69 Å². The van der Waals surface area contributed by atoms with Crippen LogP contribution in [0.15, 0.2) is 42.6 Å². The molecule has 1 heterocycles. The van der Waals surface area contributed by atoms with Gasteiger partial charge < -0.3 is 11.1 Å². The molecule has 0 radical (unpaired) electrons. The summed E-state index contributed by atoms with van der Waals surface area (Å²) in [6, 6.07) is 12.0. The summed E-state index contributed by atoms with van der Waals surface area (Å²) >= 11 is 5.86. The number of halogens is 1. The number of aromatic nitrogens is 1. The number of benzene rings is 1. The van der Waals surface area contributed by atoms with Gasteiger partial charge in [0, 0.05) is 30.5 Å². The highest BCUT2D eigenvalue weighted by Gasteiger charge is 2.02. The van der Waals surface area contributed by atoms with Crippen LogP contribution in [0.1, 0.15) is 11.1 Å². The first kappa shape index (κ1) is 11.9. The lowest BCUT2D eigenvalue weighted by atomic mass is 10.2. The molecule has 17 heavy (non-hydrogen) atoms. The number of nitrogens with two attached hydrogens (primary N) is 1. The molecule has 0 amide bonds. The van der Waals surface area contributed by atoms with E-state index in [0.29, 0.717) is 11.7 Å². The van der Waals surface area contributed by atoms with Gasteiger partial charge in [0.1, 0.15) is 5.15 Å². The van der Waals surface area contributed by atoms with Gasteiger partial charge in [-0.05, 0) is 11.6 Å². The van der Waals surface area contributed by atoms with E-state index < -0.39 is 0 Å². The Morgan fingerprint density at radius 1 is 1.24 bits per heavy atom. The molecule has 0 aliphatic heterocycles. The smallest absolute Gasteiger partial charge is 0.131 e. The third kappa shape index (κ3) is 3.19. The second kappa shape index (κ2) is 5.66. The van der Waals surface area contributed by atoms with E-state index in [1.54, 1.807) is 12.3 Å². The highest BCUT2D eigenvalue weighted by Crippen LogP contribution is 2.19. The summed E-state index contributed by atoms with van der Waals surface area (Å²) in [5.41, 5.74) is 8.76. The topological polar surface area (TPSA) is 50.9 Å². The number of rotatable bonds is 4. The van der Waals surface area contributed by atoms with Gasteiger partial charge in [0.05, 0.1) is 0 Å². The number of nitrogens with one attached hydrogen (secondary N) is 1. The molecular formula is C13H14ClN3. The quantitative estimate of drug-likeness (QED) is 0.817. The van der Waals surface area contributed by atoms with Crippen molar-refractivity contribution in [2.24, 2.45) is 5.73 Å². The van der Waals surface area contributed by atoms with Crippen LogP contribution in [-0.4, -0.2) is 4.98 Å². The summed E-state index contributed by atoms with van der Waals surface area (Å²) in [6.07, 6.45) is 1.70. The van der Waals surface area contributed by atoms with E-state index in [-0.39, 0.29) is 0 Å². The minimum atomic E-state index is 0.446. The molecule has 0 spiro atoms. The van der Waals surface area contributed by atoms with Gasteiger partial charge in [0.2, 0.25) is 0 Å². The van der Waals surface area contributed by atoms with Gasteiger partial charge >= 0.3 is 0 Å². The molecule has 3 nitrogen and oxygen atoms in total. The summed E-state index contributed by atoms with van der Waals surface area (Å²) in [6.45, 7) is 1.19. The number of pyridine rings is 1. The van der Waals surface area contributed by atoms with Crippen molar-refractivity contribution in [3.63, 3.8) is 0 Å². The third-order valence-electron chi connectivity index (χ3n) is 2.50. The molecule has 0 unspecified atom stereocenters. The summed E-state index contributed by atoms with van der Waals surface area (Å²) in [7, 11) is 0. The fourth-order valence-electron chi connectivity index (χ4n) is 1.58. The second-order valence-corrected chi connectivity index (χ2v) is 4.09. The number of anilines is 1. The first-order valence-electron chi connectivity index (χ1n) is 5.42. The molecule has 2 rings (SSSR count). The summed E-state index contributed by atoms with van der Waals surface area (Å²) in [5.74, 6) is 0. The van der Waals surface area contributed by atoms with Crippen molar-refractivity contribution in [3.05, 3.63) is 58.9 Å². The van der Waals surface area contributed by atoms with Crippen LogP contribution in [0.3, 0.4) is 0 Å². The first-order chi connectivity index (χ1) is 8.29. The maximum Gasteiger partial charge on any atom is 0.131 e. The molecule has 0 fully saturated rings. The molecule has 0 saturated heterocycles. The lowest BCUT2D eigenvalue weighted by Crippen LogP contribution is -2.06. The fourth-order valence-corrected chi connectivity index (χ4v) is 1.74. The van der Waals surface area contributed by atoms with Crippen molar-refractivity contribution < 1.29 is 0 Å². The molecule has 0 bridgehead atoms. The van der Waals surface area contributed by atoms with Gasteiger partial charge in [0.15, 0.2) is 0 Å². The van der Waals surface area contributed by atoms with Crippen molar-refractivity contribution in [1.82, 2.24) is 4.98 Å². The number of hydrogen-bond acceptors (Lipinski definition) is 3. The molecule has 0 aliphatic carbocycles. The van der Waals surface area contributed by atoms with Gasteiger partial charge in [-0.2, -0.15) is 0 Å². The zero-order valence-corrected chi connectivity index (χ0v) is 10.1. The van der Waals surface area contributed by atoms with E-state index in [1.165, 1.54) is 5.56 Å². The summed E-state index contributed by atoms with van der Waals surface area (Å²) < 4.78 is 0. The Kier molecular flexibility index (Phi) is 3.96. The lowest BCUT2D eigenvalue weighted by Gasteiger charge is -2.10. The van der Waals surface area contributed by atoms with E-state index in [4.69, 9.17) is 17.3 Å². The maximum absolute atomic E-state index is 5.86. The van der Waals surface area contributed by atoms with Gasteiger partial charge in [-0.1, -0.05) is 41.9 Å². The molecule has 3 N–H and O–H groups in total. The van der Waals surface area contributed by atoms with Crippen molar-refractivity contribution in [2.45, 2.75) is 13.1 Å². The van der Waals surface area contributed by atoms with Crippen molar-refractivity contribution in [1.29, 1.82) is 0 Å². The molecule has 0 aliphatic rings. The minimum Gasteiger partial charge on any atom is -0.381 e. The molecule has 0 atom stereocenters. The summed E-state index contributed by atoms with van der Waals surface area (Å²) in [5, 5.41) is 3.79. The lowest BCUT2D eigenvalue weighted by molar-refractivity contribution is 1.03. The Hall–Kier alpha value is -1.58. The second-order valence-electron chi connectivity index (χ2n) is 3.71. The molecular weight excluding hydrogens is 234 g/mol. The summed E-state index contributed by atoms with van der Waals surface area (Å²) in [4.78, 5) is 4.01. The standard InChI is InChI=1S/C13H14ClN3/c14-13-6-12(11(7-15)9-17-13)16-8-10-4-2-1-3-5-10/h1-6,9H,7-8,15H2,(H,16,17). The molecule has 0 saturated carbocycles. The zero-order valence-electron chi connectivity index (χ0n) is 9.36. The van der Waals surface area contributed by atoms with Crippen LogP contribution in [-0.2, 0) is 13.1 Å². The molecule has 88 valence electrons.